The van der Waals surface area contributed by atoms with Gasteiger partial charge in [-0.05, 0) is 108 Å². The first-order valence-corrected chi connectivity index (χ1v) is 18.8. The van der Waals surface area contributed by atoms with Crippen LogP contribution in [0.4, 0.5) is 0 Å². The average Bonchev–Trinajstić information content (AvgIpc) is 3.61. The van der Waals surface area contributed by atoms with Crippen LogP contribution in [0.2, 0.25) is 0 Å². The van der Waals surface area contributed by atoms with Crippen molar-refractivity contribution >= 4 is 34.0 Å². The van der Waals surface area contributed by atoms with Gasteiger partial charge in [0.25, 0.3) is 0 Å². The van der Waals surface area contributed by atoms with Crippen molar-refractivity contribution in [3.63, 3.8) is 0 Å². The molecule has 4 heterocycles. The Morgan fingerprint density at radius 2 is 1.69 bits per heavy atom. The molecule has 0 fully saturated rings. The van der Waals surface area contributed by atoms with Crippen molar-refractivity contribution in [2.24, 2.45) is 0 Å². The predicted molar refractivity (Wildman–Crippen MR) is 221 cm³/mol. The number of ether oxygens (including phenoxy) is 4. The molecular weight excluding hydrogens is 741 g/mol. The lowest BCUT2D eigenvalue weighted by Crippen LogP contribution is -2.43. The number of phenolic OH excluding ortho intramolecular Hbond substituents is 1. The van der Waals surface area contributed by atoms with Crippen LogP contribution in [0, 0.1) is 0 Å². The van der Waals surface area contributed by atoms with Gasteiger partial charge in [0.15, 0.2) is 5.58 Å². The van der Waals surface area contributed by atoms with Crippen LogP contribution in [0.1, 0.15) is 68.6 Å². The Morgan fingerprint density at radius 1 is 0.966 bits per heavy atom. The van der Waals surface area contributed by atoms with Crippen LogP contribution in [-0.4, -0.2) is 40.6 Å². The van der Waals surface area contributed by atoms with Gasteiger partial charge in [0, 0.05) is 29.5 Å². The summed E-state index contributed by atoms with van der Waals surface area (Å²) in [4.78, 5) is 36.7. The van der Waals surface area contributed by atoms with Crippen LogP contribution < -0.4 is 25.5 Å². The normalized spacial score (nSPS) is 15.0. The van der Waals surface area contributed by atoms with E-state index in [1.165, 1.54) is 25.3 Å². The Labute approximate surface area is 334 Å². The van der Waals surface area contributed by atoms with Crippen molar-refractivity contribution in [2.45, 2.75) is 71.7 Å². The zero-order valence-electron chi connectivity index (χ0n) is 33.3. The van der Waals surface area contributed by atoms with Crippen LogP contribution >= 0.6 is 0 Å². The van der Waals surface area contributed by atoms with Gasteiger partial charge in [0.05, 0.1) is 18.2 Å². The van der Waals surface area contributed by atoms with E-state index in [1.54, 1.807) is 48.5 Å². The quantitative estimate of drug-likeness (QED) is 0.0904. The molecule has 8 rings (SSSR count). The lowest BCUT2D eigenvalue weighted by atomic mass is 9.93. The largest absolute Gasteiger partial charge is 0.508 e. The first kappa shape index (κ1) is 39.5. The number of phenols is 1. The molecule has 298 valence electrons. The third-order valence-electron chi connectivity index (χ3n) is 10.1. The lowest BCUT2D eigenvalue weighted by Gasteiger charge is -2.31. The molecule has 4 aromatic carbocycles. The van der Waals surface area contributed by atoms with Crippen LogP contribution in [-0.2, 0) is 17.6 Å². The molecule has 0 radical (unpaired) electrons. The molecule has 0 amide bonds. The maximum Gasteiger partial charge on any atom is 0.348 e. The molecule has 0 spiro atoms. The second-order valence-corrected chi connectivity index (χ2v) is 15.6. The van der Waals surface area contributed by atoms with E-state index in [1.807, 2.05) is 65.8 Å². The summed E-state index contributed by atoms with van der Waals surface area (Å²) in [6, 6.07) is 21.7. The number of carbonyl (C=O) groups is 1. The first-order chi connectivity index (χ1) is 27.5. The van der Waals surface area contributed by atoms with E-state index >= 15 is 0 Å². The summed E-state index contributed by atoms with van der Waals surface area (Å²) in [7, 11) is 1.52. The third kappa shape index (κ3) is 7.80. The monoisotopic (exact) mass is 784 g/mol. The van der Waals surface area contributed by atoms with Gasteiger partial charge in [-0.25, -0.2) is 14.4 Å². The minimum atomic E-state index is -0.820. The fourth-order valence-electron chi connectivity index (χ4n) is 7.03. The molecule has 11 nitrogen and oxygen atoms in total. The maximum absolute atomic E-state index is 12.9. The number of esters is 1. The molecule has 2 aliphatic heterocycles. The number of benzene rings is 4. The number of aromatic hydroxyl groups is 2. The smallest absolute Gasteiger partial charge is 0.348 e. The highest BCUT2D eigenvalue weighted by molar-refractivity contribution is 6.02. The number of rotatable bonds is 7. The fraction of sp³-hybridized carbons (Fsp3) is 0.255. The fourth-order valence-corrected chi connectivity index (χ4v) is 7.03. The van der Waals surface area contributed by atoms with Gasteiger partial charge in [-0.3, -0.25) is 0 Å². The highest BCUT2D eigenvalue weighted by Crippen LogP contribution is 2.49. The Bertz CT molecular complexity index is 2730. The molecule has 0 saturated carbocycles. The number of carbonyl (C=O) groups excluding carboxylic acids is 1. The Morgan fingerprint density at radius 3 is 2.38 bits per heavy atom. The predicted octanol–water partition coefficient (Wildman–Crippen LogP) is 9.30. The molecule has 11 heteroatoms. The van der Waals surface area contributed by atoms with Crippen molar-refractivity contribution < 1.29 is 42.8 Å². The Kier molecular flexibility index (Phi) is 10.4. The molecule has 2 N–H and O–H groups in total. The first-order valence-electron chi connectivity index (χ1n) is 18.8. The standard InChI is InChI=1S/C26H26O6.C21H18O5/c1-14(2)6-11-17-22-18(12-13-26(3,4)32-22)24-20(23(17)30-5)21(28)19(25(29)31-24)15-7-9-16(27)10-8-15;1-21(2,26-20(23)13-6-4-3-5-7-13)18-11-15-10-14-8-9-19(22)25-16(14)12-17(15)24-18/h6-10,12-13,27-28H,11H2,1-5H3;3-10,12,18H,11H2,1-2H3. The molecule has 2 aliphatic rings. The van der Waals surface area contributed by atoms with Crippen molar-refractivity contribution in [1.29, 1.82) is 0 Å². The van der Waals surface area contributed by atoms with Gasteiger partial charge in [-0.2, -0.15) is 0 Å². The van der Waals surface area contributed by atoms with Gasteiger partial charge in [-0.1, -0.05) is 42.0 Å². The Balaban J connectivity index is 0.000000180. The third-order valence-corrected chi connectivity index (χ3v) is 10.1. The Hall–Kier alpha value is -6.75. The van der Waals surface area contributed by atoms with Crippen LogP contribution in [0.15, 0.2) is 115 Å². The van der Waals surface area contributed by atoms with Gasteiger partial charge < -0.3 is 38.0 Å². The zero-order valence-corrected chi connectivity index (χ0v) is 33.3. The molecule has 2 aromatic heterocycles. The summed E-state index contributed by atoms with van der Waals surface area (Å²) in [6.07, 6.45) is 6.59. The summed E-state index contributed by atoms with van der Waals surface area (Å²) < 4.78 is 34.7. The van der Waals surface area contributed by atoms with E-state index < -0.39 is 22.5 Å². The molecule has 0 saturated heterocycles. The van der Waals surface area contributed by atoms with Crippen LogP contribution in [0.25, 0.3) is 39.1 Å². The van der Waals surface area contributed by atoms with Crippen LogP contribution in [0.3, 0.4) is 0 Å². The van der Waals surface area contributed by atoms with Gasteiger partial charge in [0.2, 0.25) is 0 Å². The SMILES string of the molecule is CC(C)(OC(=O)c1ccccc1)C1Cc2cc3ccc(=O)oc3cc2O1.COc1c(CC=C(C)C)c2c(c3oc(=O)c(-c4ccc(O)cc4)c(O)c13)C=CC(C)(C)O2. The van der Waals surface area contributed by atoms with E-state index in [4.69, 9.17) is 27.8 Å². The zero-order chi connectivity index (χ0) is 41.5. The summed E-state index contributed by atoms with van der Waals surface area (Å²) in [5, 5.41) is 22.0. The number of fused-ring (bicyclic) bond motifs is 5. The van der Waals surface area contributed by atoms with E-state index in [0.29, 0.717) is 57.7 Å². The highest BCUT2D eigenvalue weighted by atomic mass is 16.6. The van der Waals surface area contributed by atoms with Gasteiger partial charge >= 0.3 is 17.2 Å². The minimum Gasteiger partial charge on any atom is -0.508 e. The van der Waals surface area contributed by atoms with Gasteiger partial charge in [-0.15, -0.1) is 0 Å². The average molecular weight is 785 g/mol. The molecular formula is C47H44O11. The molecule has 0 aliphatic carbocycles. The van der Waals surface area contributed by atoms with Crippen molar-refractivity contribution in [3.8, 4) is 39.9 Å². The summed E-state index contributed by atoms with van der Waals surface area (Å²) >= 11 is 0. The number of allylic oxidation sites excluding steroid dienone is 2. The lowest BCUT2D eigenvalue weighted by molar-refractivity contribution is -0.0517. The number of hydrogen-bond acceptors (Lipinski definition) is 11. The van der Waals surface area contributed by atoms with E-state index in [2.05, 4.69) is 6.08 Å². The minimum absolute atomic E-state index is 0.00458. The molecule has 6 aromatic rings. The highest BCUT2D eigenvalue weighted by Gasteiger charge is 2.40. The van der Waals surface area contributed by atoms with E-state index in [0.717, 1.165) is 22.1 Å². The summed E-state index contributed by atoms with van der Waals surface area (Å²) in [5.74, 6) is 1.05. The molecule has 1 atom stereocenters. The second kappa shape index (κ2) is 15.3. The molecule has 1 unspecified atom stereocenters. The summed E-state index contributed by atoms with van der Waals surface area (Å²) in [5.41, 5.74) is 2.62. The number of hydrogen-bond donors (Lipinski definition) is 2. The number of methoxy groups -OCH3 is 1. The molecule has 58 heavy (non-hydrogen) atoms. The maximum atomic E-state index is 12.9. The second-order valence-electron chi connectivity index (χ2n) is 15.6. The summed E-state index contributed by atoms with van der Waals surface area (Å²) in [6.45, 7) is 11.6. The van der Waals surface area contributed by atoms with Gasteiger partial charge in [0.1, 0.15) is 62.6 Å². The van der Waals surface area contributed by atoms with E-state index in [9.17, 15) is 24.6 Å². The topological polar surface area (TPSA) is 155 Å². The molecule has 0 bridgehead atoms. The van der Waals surface area contributed by atoms with E-state index in [-0.39, 0.29) is 34.7 Å². The van der Waals surface area contributed by atoms with Crippen molar-refractivity contribution in [1.82, 2.24) is 0 Å². The van der Waals surface area contributed by atoms with Crippen LogP contribution in [0.5, 0.6) is 28.7 Å². The van der Waals surface area contributed by atoms with Crippen molar-refractivity contribution in [3.05, 3.63) is 140 Å². The van der Waals surface area contributed by atoms with Crippen molar-refractivity contribution in [2.75, 3.05) is 7.11 Å².